The van der Waals surface area contributed by atoms with Gasteiger partial charge in [-0.3, -0.25) is 4.79 Å². The van der Waals surface area contributed by atoms with Gasteiger partial charge in [0.1, 0.15) is 0 Å². The zero-order valence-corrected chi connectivity index (χ0v) is 8.17. The predicted octanol–water partition coefficient (Wildman–Crippen LogP) is 1.25. The molecule has 0 bridgehead atoms. The molecule has 0 saturated heterocycles. The molecular formula is C9H6ClNO4. The Balaban J connectivity index is 2.45. The number of carboxylic acid groups (broad SMARTS) is 1. The number of hydrogen-bond acceptors (Lipinski definition) is 3. The molecule has 2 N–H and O–H groups in total. The van der Waals surface area contributed by atoms with Gasteiger partial charge in [-0.1, -0.05) is 0 Å². The van der Waals surface area contributed by atoms with Crippen molar-refractivity contribution >= 4 is 29.2 Å². The van der Waals surface area contributed by atoms with Gasteiger partial charge in [0.25, 0.3) is 0 Å². The summed E-state index contributed by atoms with van der Waals surface area (Å²) < 4.78 is 5.03. The number of carboxylic acids is 1. The number of carbonyl (C=O) groups is 2. The largest absolute Gasteiger partial charge is 0.478 e. The van der Waals surface area contributed by atoms with Gasteiger partial charge in [0.15, 0.2) is 11.0 Å². The van der Waals surface area contributed by atoms with Crippen molar-refractivity contribution in [3.8, 4) is 0 Å². The Morgan fingerprint density at radius 2 is 2.27 bits per heavy atom. The van der Waals surface area contributed by atoms with Crippen LogP contribution in [0.1, 0.15) is 12.2 Å². The first-order chi connectivity index (χ1) is 7.08. The Hall–Kier alpha value is -1.75. The SMILES string of the molecule is O=C1CC(C(=O)O)=C(c2ccc(Cl)o2)N1. The molecule has 1 aromatic rings. The summed E-state index contributed by atoms with van der Waals surface area (Å²) >= 11 is 5.55. The van der Waals surface area contributed by atoms with Crippen LogP contribution in [0, 0.1) is 0 Å². The summed E-state index contributed by atoms with van der Waals surface area (Å²) in [6.07, 6.45) is -0.150. The molecule has 1 aromatic heterocycles. The molecule has 0 aromatic carbocycles. The lowest BCUT2D eigenvalue weighted by Crippen LogP contribution is -2.13. The molecule has 1 aliphatic heterocycles. The van der Waals surface area contributed by atoms with E-state index in [0.717, 1.165) is 0 Å². The minimum atomic E-state index is -1.14. The Bertz CT molecular complexity index is 474. The molecule has 0 radical (unpaired) electrons. The molecule has 0 aliphatic carbocycles. The lowest BCUT2D eigenvalue weighted by molar-refractivity contribution is -0.133. The Kier molecular flexibility index (Phi) is 2.24. The van der Waals surface area contributed by atoms with Gasteiger partial charge in [0.2, 0.25) is 5.91 Å². The number of aliphatic carboxylic acids is 1. The fourth-order valence-corrected chi connectivity index (χ4v) is 1.50. The van der Waals surface area contributed by atoms with E-state index in [4.69, 9.17) is 21.1 Å². The van der Waals surface area contributed by atoms with Crippen LogP contribution in [0.2, 0.25) is 5.22 Å². The molecule has 78 valence electrons. The quantitative estimate of drug-likeness (QED) is 0.797. The number of furan rings is 1. The second kappa shape index (κ2) is 3.43. The second-order valence-electron chi connectivity index (χ2n) is 2.99. The van der Waals surface area contributed by atoms with E-state index >= 15 is 0 Å². The van der Waals surface area contributed by atoms with Crippen LogP contribution in [-0.4, -0.2) is 17.0 Å². The van der Waals surface area contributed by atoms with Crippen LogP contribution in [0.5, 0.6) is 0 Å². The fourth-order valence-electron chi connectivity index (χ4n) is 1.35. The lowest BCUT2D eigenvalue weighted by Gasteiger charge is -1.99. The Morgan fingerprint density at radius 3 is 2.80 bits per heavy atom. The maximum absolute atomic E-state index is 11.1. The normalized spacial score (nSPS) is 15.7. The monoisotopic (exact) mass is 227 g/mol. The predicted molar refractivity (Wildman–Crippen MR) is 51.0 cm³/mol. The molecule has 2 heterocycles. The van der Waals surface area contributed by atoms with Crippen molar-refractivity contribution in [1.29, 1.82) is 0 Å². The van der Waals surface area contributed by atoms with E-state index in [1.54, 1.807) is 0 Å². The van der Waals surface area contributed by atoms with E-state index in [1.807, 2.05) is 0 Å². The molecule has 2 rings (SSSR count). The summed E-state index contributed by atoms with van der Waals surface area (Å²) in [5.74, 6) is -1.26. The lowest BCUT2D eigenvalue weighted by atomic mass is 10.1. The van der Waals surface area contributed by atoms with Crippen molar-refractivity contribution in [2.24, 2.45) is 0 Å². The molecule has 0 saturated carbocycles. The van der Waals surface area contributed by atoms with Crippen molar-refractivity contribution in [2.45, 2.75) is 6.42 Å². The highest BCUT2D eigenvalue weighted by Crippen LogP contribution is 2.27. The van der Waals surface area contributed by atoms with Crippen LogP contribution in [-0.2, 0) is 9.59 Å². The summed E-state index contributed by atoms with van der Waals surface area (Å²) in [4.78, 5) is 21.9. The molecule has 0 spiro atoms. The van der Waals surface area contributed by atoms with Gasteiger partial charge in [-0.25, -0.2) is 4.79 Å². The van der Waals surface area contributed by atoms with Crippen LogP contribution in [0.25, 0.3) is 5.70 Å². The zero-order valence-electron chi connectivity index (χ0n) is 7.41. The third-order valence-corrected chi connectivity index (χ3v) is 2.18. The van der Waals surface area contributed by atoms with Crippen molar-refractivity contribution in [3.63, 3.8) is 0 Å². The average Bonchev–Trinajstić information content (AvgIpc) is 2.71. The molecule has 0 atom stereocenters. The number of hydrogen-bond donors (Lipinski definition) is 2. The molecular weight excluding hydrogens is 222 g/mol. The maximum Gasteiger partial charge on any atom is 0.334 e. The summed E-state index contributed by atoms with van der Waals surface area (Å²) in [7, 11) is 0. The first-order valence-corrected chi connectivity index (χ1v) is 4.47. The van der Waals surface area contributed by atoms with E-state index in [-0.39, 0.29) is 34.6 Å². The molecule has 0 fully saturated rings. The van der Waals surface area contributed by atoms with E-state index in [9.17, 15) is 9.59 Å². The van der Waals surface area contributed by atoms with Crippen molar-refractivity contribution < 1.29 is 19.1 Å². The topological polar surface area (TPSA) is 79.5 Å². The van der Waals surface area contributed by atoms with Crippen molar-refractivity contribution in [2.75, 3.05) is 0 Å². The van der Waals surface area contributed by atoms with Gasteiger partial charge in [0.05, 0.1) is 17.7 Å². The third-order valence-electron chi connectivity index (χ3n) is 1.98. The minimum Gasteiger partial charge on any atom is -0.478 e. The van der Waals surface area contributed by atoms with Gasteiger partial charge in [-0.2, -0.15) is 0 Å². The zero-order chi connectivity index (χ0) is 11.0. The van der Waals surface area contributed by atoms with E-state index < -0.39 is 5.97 Å². The Morgan fingerprint density at radius 1 is 1.53 bits per heavy atom. The van der Waals surface area contributed by atoms with Crippen molar-refractivity contribution in [1.82, 2.24) is 5.32 Å². The third kappa shape index (κ3) is 1.73. The number of nitrogens with one attached hydrogen (secondary N) is 1. The van der Waals surface area contributed by atoms with Crippen LogP contribution < -0.4 is 5.32 Å². The van der Waals surface area contributed by atoms with E-state index in [0.29, 0.717) is 0 Å². The maximum atomic E-state index is 11.1. The molecule has 5 nitrogen and oxygen atoms in total. The summed E-state index contributed by atoms with van der Waals surface area (Å²) in [5, 5.41) is 11.4. The summed E-state index contributed by atoms with van der Waals surface area (Å²) in [6.45, 7) is 0. The summed E-state index contributed by atoms with van der Waals surface area (Å²) in [5.41, 5.74) is 0.172. The first-order valence-electron chi connectivity index (χ1n) is 4.10. The highest BCUT2D eigenvalue weighted by Gasteiger charge is 2.28. The van der Waals surface area contributed by atoms with Gasteiger partial charge >= 0.3 is 5.97 Å². The average molecular weight is 228 g/mol. The van der Waals surface area contributed by atoms with Gasteiger partial charge in [-0.15, -0.1) is 0 Å². The second-order valence-corrected chi connectivity index (χ2v) is 3.36. The van der Waals surface area contributed by atoms with E-state index in [2.05, 4.69) is 5.32 Å². The smallest absolute Gasteiger partial charge is 0.334 e. The van der Waals surface area contributed by atoms with Gasteiger partial charge < -0.3 is 14.8 Å². The van der Waals surface area contributed by atoms with Gasteiger partial charge in [-0.05, 0) is 23.7 Å². The van der Waals surface area contributed by atoms with Crippen LogP contribution in [0.15, 0.2) is 22.1 Å². The highest BCUT2D eigenvalue weighted by atomic mass is 35.5. The molecule has 0 unspecified atom stereocenters. The number of rotatable bonds is 2. The summed E-state index contributed by atoms with van der Waals surface area (Å²) in [6, 6.07) is 2.99. The number of carbonyl (C=O) groups excluding carboxylic acids is 1. The highest BCUT2D eigenvalue weighted by molar-refractivity contribution is 6.29. The number of amides is 1. The van der Waals surface area contributed by atoms with Crippen LogP contribution >= 0.6 is 11.6 Å². The fraction of sp³-hybridized carbons (Fsp3) is 0.111. The van der Waals surface area contributed by atoms with Crippen molar-refractivity contribution in [3.05, 3.63) is 28.7 Å². The number of halogens is 1. The minimum absolute atomic E-state index is 0.00832. The van der Waals surface area contributed by atoms with Crippen LogP contribution in [0.4, 0.5) is 0 Å². The Labute approximate surface area is 89.3 Å². The van der Waals surface area contributed by atoms with E-state index in [1.165, 1.54) is 12.1 Å². The van der Waals surface area contributed by atoms with Crippen LogP contribution in [0.3, 0.4) is 0 Å². The molecule has 15 heavy (non-hydrogen) atoms. The standard InChI is InChI=1S/C9H6ClNO4/c10-6-2-1-5(15-6)8-4(9(13)14)3-7(12)11-8/h1-2H,3H2,(H,11,12)(H,13,14). The molecule has 1 aliphatic rings. The van der Waals surface area contributed by atoms with Gasteiger partial charge in [0, 0.05) is 0 Å². The first kappa shape index (κ1) is 9.79. The molecule has 1 amide bonds. The molecule has 6 heteroatoms.